The van der Waals surface area contributed by atoms with Gasteiger partial charge in [0.25, 0.3) is 5.91 Å². The first-order valence-corrected chi connectivity index (χ1v) is 8.31. The van der Waals surface area contributed by atoms with Crippen LogP contribution in [0.4, 0.5) is 0 Å². The van der Waals surface area contributed by atoms with Gasteiger partial charge in [-0.1, -0.05) is 24.3 Å². The number of benzene rings is 2. The van der Waals surface area contributed by atoms with Gasteiger partial charge in [-0.3, -0.25) is 4.79 Å². The Hall–Kier alpha value is -3.26. The summed E-state index contributed by atoms with van der Waals surface area (Å²) in [5.74, 6) is 1.09. The molecule has 0 radical (unpaired) electrons. The van der Waals surface area contributed by atoms with E-state index in [0.29, 0.717) is 6.54 Å². The van der Waals surface area contributed by atoms with Crippen molar-refractivity contribution < 1.29 is 14.3 Å². The third kappa shape index (κ3) is 5.67. The fraction of sp³-hybridized carbons (Fsp3) is 0.238. The van der Waals surface area contributed by atoms with Gasteiger partial charge in [-0.15, -0.1) is 0 Å². The van der Waals surface area contributed by atoms with Crippen LogP contribution in [-0.4, -0.2) is 19.1 Å². The number of nitrogens with zero attached hydrogens (tertiary/aromatic N) is 1. The van der Waals surface area contributed by atoms with Gasteiger partial charge in [0.05, 0.1) is 13.2 Å². The Labute approximate surface area is 153 Å². The summed E-state index contributed by atoms with van der Waals surface area (Å²) >= 11 is 0. The first kappa shape index (κ1) is 19.1. The van der Waals surface area contributed by atoms with Crippen molar-refractivity contribution >= 4 is 12.0 Å². The van der Waals surface area contributed by atoms with E-state index in [4.69, 9.17) is 9.47 Å². The number of hydrogen-bond donors (Lipinski definition) is 1. The maximum absolute atomic E-state index is 12.2. The van der Waals surface area contributed by atoms with E-state index in [9.17, 15) is 10.1 Å². The van der Waals surface area contributed by atoms with E-state index in [1.807, 2.05) is 68.4 Å². The molecule has 5 heteroatoms. The van der Waals surface area contributed by atoms with E-state index in [-0.39, 0.29) is 11.7 Å². The van der Waals surface area contributed by atoms with Crippen LogP contribution in [0.15, 0.2) is 54.1 Å². The smallest absolute Gasteiger partial charge is 0.262 e. The molecule has 1 N–H and O–H groups in total. The molecule has 5 nitrogen and oxygen atoms in total. The topological polar surface area (TPSA) is 71.3 Å². The predicted molar refractivity (Wildman–Crippen MR) is 101 cm³/mol. The van der Waals surface area contributed by atoms with Gasteiger partial charge in [0.1, 0.15) is 23.1 Å². The molecule has 0 aromatic heterocycles. The van der Waals surface area contributed by atoms with Gasteiger partial charge in [-0.2, -0.15) is 5.26 Å². The lowest BCUT2D eigenvalue weighted by atomic mass is 10.1. The zero-order chi connectivity index (χ0) is 18.9. The second kappa shape index (κ2) is 9.28. The molecular weight excluding hydrogens is 328 g/mol. The number of carbonyl (C=O) groups is 1. The highest BCUT2D eigenvalue weighted by Gasteiger charge is 2.09. The van der Waals surface area contributed by atoms with Crippen molar-refractivity contribution in [2.45, 2.75) is 26.5 Å². The summed E-state index contributed by atoms with van der Waals surface area (Å²) in [6.45, 7) is 4.24. The number of carbonyl (C=O) groups excluding carboxylic acids is 1. The summed E-state index contributed by atoms with van der Waals surface area (Å²) in [5.41, 5.74) is 1.74. The van der Waals surface area contributed by atoms with E-state index < -0.39 is 5.91 Å². The van der Waals surface area contributed by atoms with E-state index in [1.54, 1.807) is 13.2 Å². The van der Waals surface area contributed by atoms with Gasteiger partial charge in [-0.25, -0.2) is 0 Å². The molecule has 26 heavy (non-hydrogen) atoms. The van der Waals surface area contributed by atoms with Gasteiger partial charge in [0.2, 0.25) is 0 Å². The van der Waals surface area contributed by atoms with E-state index in [1.165, 1.54) is 0 Å². The largest absolute Gasteiger partial charge is 0.497 e. The van der Waals surface area contributed by atoms with Crippen molar-refractivity contribution in [1.82, 2.24) is 5.32 Å². The molecule has 2 aromatic carbocycles. The predicted octanol–water partition coefficient (Wildman–Crippen LogP) is 3.71. The molecule has 0 fully saturated rings. The molecule has 0 unspecified atom stereocenters. The van der Waals surface area contributed by atoms with Crippen LogP contribution in [0.5, 0.6) is 11.5 Å². The van der Waals surface area contributed by atoms with Gasteiger partial charge in [-0.05, 0) is 55.3 Å². The highest BCUT2D eigenvalue weighted by Crippen LogP contribution is 2.16. The molecule has 0 saturated carbocycles. The molecule has 0 aliphatic carbocycles. The number of amides is 1. The maximum atomic E-state index is 12.2. The highest BCUT2D eigenvalue weighted by molar-refractivity contribution is 6.01. The minimum absolute atomic E-state index is 0.0519. The van der Waals surface area contributed by atoms with Gasteiger partial charge < -0.3 is 14.8 Å². The van der Waals surface area contributed by atoms with Gasteiger partial charge >= 0.3 is 0 Å². The van der Waals surface area contributed by atoms with Crippen LogP contribution in [0.3, 0.4) is 0 Å². The normalized spacial score (nSPS) is 11.0. The van der Waals surface area contributed by atoms with E-state index in [0.717, 1.165) is 22.6 Å². The summed E-state index contributed by atoms with van der Waals surface area (Å²) in [6, 6.07) is 16.6. The van der Waals surface area contributed by atoms with Crippen molar-refractivity contribution in [2.24, 2.45) is 0 Å². The Kier molecular flexibility index (Phi) is 6.81. The average Bonchev–Trinajstić information content (AvgIpc) is 2.65. The quantitative estimate of drug-likeness (QED) is 0.610. The molecule has 0 atom stereocenters. The van der Waals surface area contributed by atoms with Crippen molar-refractivity contribution in [3.63, 3.8) is 0 Å². The fourth-order valence-corrected chi connectivity index (χ4v) is 2.25. The molecular formula is C21H22N2O3. The Morgan fingerprint density at radius 2 is 1.73 bits per heavy atom. The molecule has 0 heterocycles. The van der Waals surface area contributed by atoms with Crippen LogP contribution in [0.25, 0.3) is 6.08 Å². The van der Waals surface area contributed by atoms with Crippen LogP contribution in [-0.2, 0) is 11.3 Å². The lowest BCUT2D eigenvalue weighted by molar-refractivity contribution is -0.117. The first-order chi connectivity index (χ1) is 12.5. The van der Waals surface area contributed by atoms with Crippen molar-refractivity contribution in [1.29, 1.82) is 5.26 Å². The highest BCUT2D eigenvalue weighted by atomic mass is 16.5. The van der Waals surface area contributed by atoms with Crippen molar-refractivity contribution in [3.8, 4) is 17.6 Å². The average molecular weight is 350 g/mol. The SMILES string of the molecule is COc1ccc(CNC(=O)/C(C#N)=C\c2ccc(OC(C)C)cc2)cc1. The Morgan fingerprint density at radius 3 is 2.27 bits per heavy atom. The molecule has 0 spiro atoms. The van der Waals surface area contributed by atoms with Crippen molar-refractivity contribution in [2.75, 3.05) is 7.11 Å². The van der Waals surface area contributed by atoms with E-state index >= 15 is 0 Å². The number of nitrogens with one attached hydrogen (secondary N) is 1. The zero-order valence-electron chi connectivity index (χ0n) is 15.2. The summed E-state index contributed by atoms with van der Waals surface area (Å²) in [7, 11) is 1.60. The number of methoxy groups -OCH3 is 1. The van der Waals surface area contributed by atoms with Crippen LogP contribution < -0.4 is 14.8 Å². The minimum Gasteiger partial charge on any atom is -0.497 e. The first-order valence-electron chi connectivity index (χ1n) is 8.31. The van der Waals surface area contributed by atoms with Crippen LogP contribution in [0.2, 0.25) is 0 Å². The fourth-order valence-electron chi connectivity index (χ4n) is 2.25. The second-order valence-corrected chi connectivity index (χ2v) is 5.94. The standard InChI is InChI=1S/C21H22N2O3/c1-15(2)26-20-10-4-16(5-11-20)12-18(13-22)21(24)23-14-17-6-8-19(25-3)9-7-17/h4-12,15H,14H2,1-3H3,(H,23,24)/b18-12-. The number of rotatable bonds is 7. The molecule has 0 aliphatic rings. The Morgan fingerprint density at radius 1 is 1.12 bits per heavy atom. The number of hydrogen-bond acceptors (Lipinski definition) is 4. The number of nitriles is 1. The lowest BCUT2D eigenvalue weighted by Crippen LogP contribution is -2.23. The lowest BCUT2D eigenvalue weighted by Gasteiger charge is -2.09. The molecule has 0 saturated heterocycles. The minimum atomic E-state index is -0.411. The van der Waals surface area contributed by atoms with Crippen LogP contribution >= 0.6 is 0 Å². The monoisotopic (exact) mass is 350 g/mol. The molecule has 134 valence electrons. The molecule has 0 aliphatic heterocycles. The molecule has 2 rings (SSSR count). The summed E-state index contributed by atoms with van der Waals surface area (Å²) in [5, 5.41) is 12.0. The van der Waals surface area contributed by atoms with Crippen molar-refractivity contribution in [3.05, 3.63) is 65.2 Å². The van der Waals surface area contributed by atoms with Gasteiger partial charge in [0, 0.05) is 6.54 Å². The molecule has 1 amide bonds. The van der Waals surface area contributed by atoms with E-state index in [2.05, 4.69) is 5.32 Å². The summed E-state index contributed by atoms with van der Waals surface area (Å²) in [6.07, 6.45) is 1.65. The summed E-state index contributed by atoms with van der Waals surface area (Å²) in [4.78, 5) is 12.2. The third-order valence-corrected chi connectivity index (χ3v) is 3.54. The Balaban J connectivity index is 2.00. The summed E-state index contributed by atoms with van der Waals surface area (Å²) < 4.78 is 10.7. The van der Waals surface area contributed by atoms with Crippen LogP contribution in [0, 0.1) is 11.3 Å². The molecule has 0 bridgehead atoms. The number of ether oxygens (including phenoxy) is 2. The maximum Gasteiger partial charge on any atom is 0.262 e. The second-order valence-electron chi connectivity index (χ2n) is 5.94. The Bertz CT molecular complexity index is 801. The zero-order valence-corrected chi connectivity index (χ0v) is 15.2. The van der Waals surface area contributed by atoms with Gasteiger partial charge in [0.15, 0.2) is 0 Å². The third-order valence-electron chi connectivity index (χ3n) is 3.54. The molecule has 2 aromatic rings. The van der Waals surface area contributed by atoms with Crippen LogP contribution in [0.1, 0.15) is 25.0 Å².